The van der Waals surface area contributed by atoms with Crippen LogP contribution in [-0.4, -0.2) is 43.5 Å². The molecule has 1 aliphatic rings. The predicted molar refractivity (Wildman–Crippen MR) is 134 cm³/mol. The first-order valence-corrected chi connectivity index (χ1v) is 12.0. The Kier molecular flexibility index (Phi) is 7.97. The number of methoxy groups -OCH3 is 1. The summed E-state index contributed by atoms with van der Waals surface area (Å²) in [4.78, 5) is 27.7. The lowest BCUT2D eigenvalue weighted by Crippen LogP contribution is -2.39. The van der Waals surface area contributed by atoms with E-state index in [1.165, 1.54) is 5.56 Å². The van der Waals surface area contributed by atoms with Gasteiger partial charge in [-0.25, -0.2) is 0 Å². The van der Waals surface area contributed by atoms with Gasteiger partial charge in [-0.2, -0.15) is 0 Å². The lowest BCUT2D eigenvalue weighted by Gasteiger charge is -2.33. The second-order valence-electron chi connectivity index (χ2n) is 8.79. The van der Waals surface area contributed by atoms with Crippen molar-refractivity contribution in [2.75, 3.05) is 26.7 Å². The molecule has 1 atom stereocenters. The van der Waals surface area contributed by atoms with Crippen LogP contribution in [0.5, 0.6) is 5.75 Å². The van der Waals surface area contributed by atoms with Crippen molar-refractivity contribution in [2.24, 2.45) is 0 Å². The minimum Gasteiger partial charge on any atom is -0.497 e. The highest BCUT2D eigenvalue weighted by atomic mass is 16.5. The molecular formula is C29H32N2O3. The summed E-state index contributed by atoms with van der Waals surface area (Å²) >= 11 is 0. The van der Waals surface area contributed by atoms with Gasteiger partial charge in [0.1, 0.15) is 5.75 Å². The number of hydrogen-bond acceptors (Lipinski definition) is 3. The fraction of sp³-hybridized carbons (Fsp3) is 0.310. The molecule has 3 aromatic rings. The van der Waals surface area contributed by atoms with Crippen molar-refractivity contribution in [3.63, 3.8) is 0 Å². The van der Waals surface area contributed by atoms with Gasteiger partial charge in [0.05, 0.1) is 7.11 Å². The topological polar surface area (TPSA) is 58.6 Å². The van der Waals surface area contributed by atoms with E-state index in [0.717, 1.165) is 43.5 Å². The second-order valence-corrected chi connectivity index (χ2v) is 8.79. The van der Waals surface area contributed by atoms with E-state index < -0.39 is 0 Å². The van der Waals surface area contributed by atoms with Crippen LogP contribution in [0, 0.1) is 0 Å². The van der Waals surface area contributed by atoms with Gasteiger partial charge in [-0.15, -0.1) is 0 Å². The van der Waals surface area contributed by atoms with Crippen molar-refractivity contribution in [2.45, 2.75) is 31.6 Å². The number of benzene rings is 3. The van der Waals surface area contributed by atoms with Gasteiger partial charge < -0.3 is 15.0 Å². The van der Waals surface area contributed by atoms with E-state index in [2.05, 4.69) is 23.5 Å². The Labute approximate surface area is 201 Å². The Morgan fingerprint density at radius 1 is 0.971 bits per heavy atom. The number of carbonyl (C=O) groups is 2. The Balaban J connectivity index is 1.33. The SMILES string of the molecule is COc1ccc(C(=O)N2CCC[C@H](c3cccc(C(=O)NCCCc4ccccc4)c3)C2)cc1. The van der Waals surface area contributed by atoms with Crippen LogP contribution in [0.1, 0.15) is 57.0 Å². The molecule has 0 unspecified atom stereocenters. The van der Waals surface area contributed by atoms with Crippen molar-refractivity contribution < 1.29 is 14.3 Å². The summed E-state index contributed by atoms with van der Waals surface area (Å²) in [6.45, 7) is 2.06. The Bertz CT molecular complexity index is 1100. The molecule has 0 bridgehead atoms. The average molecular weight is 457 g/mol. The highest BCUT2D eigenvalue weighted by Crippen LogP contribution is 2.28. The second kappa shape index (κ2) is 11.5. The Hall–Kier alpha value is -3.60. The van der Waals surface area contributed by atoms with E-state index in [0.29, 0.717) is 24.2 Å². The molecule has 5 heteroatoms. The molecule has 176 valence electrons. The number of rotatable bonds is 8. The first-order chi connectivity index (χ1) is 16.6. The molecule has 34 heavy (non-hydrogen) atoms. The number of nitrogens with zero attached hydrogens (tertiary/aromatic N) is 1. The van der Waals surface area contributed by atoms with Gasteiger partial charge in [0, 0.05) is 36.7 Å². The van der Waals surface area contributed by atoms with Crippen molar-refractivity contribution in [1.82, 2.24) is 10.2 Å². The third-order valence-electron chi connectivity index (χ3n) is 6.44. The molecule has 1 N–H and O–H groups in total. The first kappa shape index (κ1) is 23.6. The number of aryl methyl sites for hydroxylation is 1. The van der Waals surface area contributed by atoms with E-state index in [1.807, 2.05) is 65.6 Å². The van der Waals surface area contributed by atoms with Crippen molar-refractivity contribution >= 4 is 11.8 Å². The third-order valence-corrected chi connectivity index (χ3v) is 6.44. The number of ether oxygens (including phenoxy) is 1. The minimum absolute atomic E-state index is 0.0414. The summed E-state index contributed by atoms with van der Waals surface area (Å²) in [5.74, 6) is 0.960. The van der Waals surface area contributed by atoms with E-state index in [-0.39, 0.29) is 17.7 Å². The van der Waals surface area contributed by atoms with E-state index >= 15 is 0 Å². The van der Waals surface area contributed by atoms with E-state index in [1.54, 1.807) is 7.11 Å². The molecule has 1 saturated heterocycles. The van der Waals surface area contributed by atoms with Gasteiger partial charge in [0.15, 0.2) is 0 Å². The quantitative estimate of drug-likeness (QED) is 0.481. The fourth-order valence-electron chi connectivity index (χ4n) is 4.52. The molecular weight excluding hydrogens is 424 g/mol. The molecule has 0 saturated carbocycles. The minimum atomic E-state index is -0.0445. The van der Waals surface area contributed by atoms with Crippen LogP contribution >= 0.6 is 0 Å². The van der Waals surface area contributed by atoms with Gasteiger partial charge in [-0.05, 0) is 73.2 Å². The van der Waals surface area contributed by atoms with Crippen LogP contribution in [0.2, 0.25) is 0 Å². The summed E-state index contributed by atoms with van der Waals surface area (Å²) in [6, 6.07) is 25.4. The van der Waals surface area contributed by atoms with Crippen LogP contribution in [0.4, 0.5) is 0 Å². The van der Waals surface area contributed by atoms with Crippen LogP contribution in [0.3, 0.4) is 0 Å². The summed E-state index contributed by atoms with van der Waals surface area (Å²) < 4.78 is 5.19. The maximum atomic E-state index is 13.0. The predicted octanol–water partition coefficient (Wildman–Crippen LogP) is 5.08. The molecule has 0 aliphatic carbocycles. The largest absolute Gasteiger partial charge is 0.497 e. The van der Waals surface area contributed by atoms with Crippen molar-refractivity contribution in [3.8, 4) is 5.75 Å². The first-order valence-electron chi connectivity index (χ1n) is 12.0. The molecule has 1 heterocycles. The molecule has 0 spiro atoms. The van der Waals surface area contributed by atoms with Gasteiger partial charge in [-0.3, -0.25) is 9.59 Å². The summed E-state index contributed by atoms with van der Waals surface area (Å²) in [6.07, 6.45) is 3.80. The number of nitrogens with one attached hydrogen (secondary N) is 1. The summed E-state index contributed by atoms with van der Waals surface area (Å²) in [5.41, 5.74) is 3.75. The van der Waals surface area contributed by atoms with Crippen LogP contribution < -0.4 is 10.1 Å². The standard InChI is InChI=1S/C29H32N2O3/c1-34-27-16-14-23(15-17-27)29(33)31-19-7-13-26(21-31)24-11-5-12-25(20-24)28(32)30-18-6-10-22-8-3-2-4-9-22/h2-5,8-9,11-12,14-17,20,26H,6-7,10,13,18-19,21H2,1H3,(H,30,32)/t26-/m0/s1. The fourth-order valence-corrected chi connectivity index (χ4v) is 4.52. The highest BCUT2D eigenvalue weighted by molar-refractivity contribution is 5.95. The molecule has 0 aromatic heterocycles. The number of hydrogen-bond donors (Lipinski definition) is 1. The van der Waals surface area contributed by atoms with Gasteiger partial charge in [0.2, 0.25) is 0 Å². The number of amides is 2. The zero-order chi connectivity index (χ0) is 23.8. The van der Waals surface area contributed by atoms with Crippen LogP contribution in [0.15, 0.2) is 78.9 Å². The van der Waals surface area contributed by atoms with Gasteiger partial charge in [0.25, 0.3) is 11.8 Å². The zero-order valence-corrected chi connectivity index (χ0v) is 19.7. The molecule has 1 fully saturated rings. The molecule has 0 radical (unpaired) electrons. The molecule has 4 rings (SSSR count). The van der Waals surface area contributed by atoms with Gasteiger partial charge in [-0.1, -0.05) is 42.5 Å². The summed E-state index contributed by atoms with van der Waals surface area (Å²) in [7, 11) is 1.62. The molecule has 2 amide bonds. The van der Waals surface area contributed by atoms with Crippen molar-refractivity contribution in [1.29, 1.82) is 0 Å². The maximum Gasteiger partial charge on any atom is 0.253 e. The maximum absolute atomic E-state index is 13.0. The van der Waals surface area contributed by atoms with E-state index in [9.17, 15) is 9.59 Å². The van der Waals surface area contributed by atoms with E-state index in [4.69, 9.17) is 4.74 Å². The molecule has 3 aromatic carbocycles. The molecule has 1 aliphatic heterocycles. The summed E-state index contributed by atoms with van der Waals surface area (Å²) in [5, 5.41) is 3.04. The number of carbonyl (C=O) groups excluding carboxylic acids is 2. The number of piperidine rings is 1. The molecule has 5 nitrogen and oxygen atoms in total. The average Bonchev–Trinajstić information content (AvgIpc) is 2.91. The highest BCUT2D eigenvalue weighted by Gasteiger charge is 2.26. The smallest absolute Gasteiger partial charge is 0.253 e. The lowest BCUT2D eigenvalue weighted by molar-refractivity contribution is 0.0706. The van der Waals surface area contributed by atoms with Gasteiger partial charge >= 0.3 is 0 Å². The number of likely N-dealkylation sites (tertiary alicyclic amines) is 1. The van der Waals surface area contributed by atoms with Crippen LogP contribution in [0.25, 0.3) is 0 Å². The third kappa shape index (κ3) is 6.04. The van der Waals surface area contributed by atoms with Crippen LogP contribution in [-0.2, 0) is 6.42 Å². The lowest BCUT2D eigenvalue weighted by atomic mass is 9.89. The monoisotopic (exact) mass is 456 g/mol. The Morgan fingerprint density at radius 3 is 2.53 bits per heavy atom. The normalized spacial score (nSPS) is 15.6. The zero-order valence-electron chi connectivity index (χ0n) is 19.7. The Morgan fingerprint density at radius 2 is 1.76 bits per heavy atom. The van der Waals surface area contributed by atoms with Crippen molar-refractivity contribution in [3.05, 3.63) is 101 Å².